The van der Waals surface area contributed by atoms with E-state index in [0.29, 0.717) is 0 Å². The predicted octanol–water partition coefficient (Wildman–Crippen LogP) is 3.47. The van der Waals surface area contributed by atoms with Crippen LogP contribution in [-0.4, -0.2) is 23.4 Å². The number of benzene rings is 1. The third kappa shape index (κ3) is 5.26. The van der Waals surface area contributed by atoms with Gasteiger partial charge < -0.3 is 9.94 Å². The molecule has 0 saturated heterocycles. The smallest absolute Gasteiger partial charge is 0.353 e. The lowest BCUT2D eigenvalue weighted by molar-refractivity contribution is -0.129. The normalized spacial score (nSPS) is 12.7. The van der Waals surface area contributed by atoms with Crippen molar-refractivity contribution in [3.8, 4) is 0 Å². The third-order valence-corrected chi connectivity index (χ3v) is 2.74. The van der Waals surface area contributed by atoms with E-state index in [1.54, 1.807) is 6.08 Å². The lowest BCUT2D eigenvalue weighted by Gasteiger charge is -2.19. The fourth-order valence-corrected chi connectivity index (χ4v) is 1.51. The molecule has 0 aromatic heterocycles. The Hall–Kier alpha value is -2.10. The van der Waals surface area contributed by atoms with Gasteiger partial charge in [0.25, 0.3) is 0 Å². The molecule has 0 heterocycles. The van der Waals surface area contributed by atoms with Crippen LogP contribution in [0.25, 0.3) is 6.08 Å². The van der Waals surface area contributed by atoms with Crippen LogP contribution in [0, 0.1) is 0 Å². The van der Waals surface area contributed by atoms with Crippen molar-refractivity contribution in [1.29, 1.82) is 0 Å². The van der Waals surface area contributed by atoms with Gasteiger partial charge in [-0.25, -0.2) is 4.79 Å². The average Bonchev–Trinajstić information content (AvgIpc) is 2.37. The predicted molar refractivity (Wildman–Crippen MR) is 80.9 cm³/mol. The van der Waals surface area contributed by atoms with Crippen molar-refractivity contribution in [3.63, 3.8) is 0 Å². The maximum absolute atomic E-state index is 10.5. The number of carboxylic acid groups (broad SMARTS) is 1. The zero-order valence-electron chi connectivity index (χ0n) is 12.4. The number of hydrogen-bond donors (Lipinski definition) is 1. The summed E-state index contributed by atoms with van der Waals surface area (Å²) in [6, 6.07) is 8.27. The summed E-state index contributed by atoms with van der Waals surface area (Å²) in [5.41, 5.74) is 2.40. The summed E-state index contributed by atoms with van der Waals surface area (Å²) in [5, 5.41) is 12.1. The first-order valence-electron chi connectivity index (χ1n) is 6.47. The second-order valence-electron chi connectivity index (χ2n) is 5.56. The van der Waals surface area contributed by atoms with Crippen LogP contribution >= 0.6 is 0 Å². The van der Waals surface area contributed by atoms with Crippen molar-refractivity contribution in [1.82, 2.24) is 0 Å². The van der Waals surface area contributed by atoms with Gasteiger partial charge in [-0.2, -0.15) is 0 Å². The first-order valence-corrected chi connectivity index (χ1v) is 6.47. The second kappa shape index (κ2) is 6.89. The summed E-state index contributed by atoms with van der Waals surface area (Å²) in [5.74, 6) is -1.08. The Morgan fingerprint density at radius 3 is 2.70 bits per heavy atom. The Bertz CT molecular complexity index is 525. The molecule has 1 N–H and O–H groups in total. The van der Waals surface area contributed by atoms with E-state index < -0.39 is 5.97 Å². The van der Waals surface area contributed by atoms with E-state index in [9.17, 15) is 4.79 Å². The molecule has 0 aliphatic rings. The van der Waals surface area contributed by atoms with Gasteiger partial charge in [-0.1, -0.05) is 56.3 Å². The van der Waals surface area contributed by atoms with Crippen molar-refractivity contribution < 1.29 is 14.7 Å². The molecule has 1 aromatic carbocycles. The third-order valence-electron chi connectivity index (χ3n) is 2.74. The van der Waals surface area contributed by atoms with Gasteiger partial charge in [0.2, 0.25) is 0 Å². The van der Waals surface area contributed by atoms with Crippen LogP contribution in [-0.2, 0) is 15.0 Å². The van der Waals surface area contributed by atoms with Crippen LogP contribution in [0.1, 0.15) is 38.8 Å². The highest BCUT2D eigenvalue weighted by Crippen LogP contribution is 2.23. The zero-order valence-corrected chi connectivity index (χ0v) is 12.4. The van der Waals surface area contributed by atoms with Crippen LogP contribution < -0.4 is 0 Å². The van der Waals surface area contributed by atoms with E-state index >= 15 is 0 Å². The molecule has 20 heavy (non-hydrogen) atoms. The Kier molecular flexibility index (Phi) is 5.50. The van der Waals surface area contributed by atoms with Crippen molar-refractivity contribution >= 4 is 17.8 Å². The molecular formula is C16H21NO3. The molecule has 108 valence electrons. The molecule has 0 unspecified atom stereocenters. The SMILES string of the molecule is CC(=NOCC=Cc1cccc(C(C)(C)C)c1)C(=O)O. The molecular weight excluding hydrogens is 254 g/mol. The Balaban J connectivity index is 2.59. The highest BCUT2D eigenvalue weighted by atomic mass is 16.6. The lowest BCUT2D eigenvalue weighted by atomic mass is 9.86. The van der Waals surface area contributed by atoms with Gasteiger partial charge >= 0.3 is 5.97 Å². The Morgan fingerprint density at radius 1 is 1.40 bits per heavy atom. The highest BCUT2D eigenvalue weighted by Gasteiger charge is 2.12. The number of rotatable bonds is 5. The molecule has 0 amide bonds. The van der Waals surface area contributed by atoms with Gasteiger partial charge in [0.05, 0.1) is 0 Å². The molecule has 0 bridgehead atoms. The molecule has 1 rings (SSSR count). The maximum atomic E-state index is 10.5. The number of carbonyl (C=O) groups is 1. The van der Waals surface area contributed by atoms with Crippen LogP contribution in [0.4, 0.5) is 0 Å². The molecule has 0 aliphatic heterocycles. The Labute approximate surface area is 119 Å². The summed E-state index contributed by atoms with van der Waals surface area (Å²) in [6.07, 6.45) is 3.74. The van der Waals surface area contributed by atoms with Gasteiger partial charge in [-0.05, 0) is 29.5 Å². The summed E-state index contributed by atoms with van der Waals surface area (Å²) in [7, 11) is 0. The monoisotopic (exact) mass is 275 g/mol. The van der Waals surface area contributed by atoms with Gasteiger partial charge in [-0.15, -0.1) is 0 Å². The number of aliphatic carboxylic acids is 1. The molecule has 1 aromatic rings. The molecule has 0 atom stereocenters. The Morgan fingerprint density at radius 2 is 2.10 bits per heavy atom. The minimum atomic E-state index is -1.08. The molecule has 0 saturated carbocycles. The van der Waals surface area contributed by atoms with Crippen LogP contribution in [0.5, 0.6) is 0 Å². The molecule has 4 heteroatoms. The summed E-state index contributed by atoms with van der Waals surface area (Å²) in [6.45, 7) is 8.14. The van der Waals surface area contributed by atoms with Crippen molar-refractivity contribution in [3.05, 3.63) is 41.5 Å². The van der Waals surface area contributed by atoms with E-state index in [1.807, 2.05) is 18.2 Å². The largest absolute Gasteiger partial charge is 0.477 e. The van der Waals surface area contributed by atoms with Crippen molar-refractivity contribution in [2.75, 3.05) is 6.61 Å². The molecule has 4 nitrogen and oxygen atoms in total. The van der Waals surface area contributed by atoms with Crippen molar-refractivity contribution in [2.24, 2.45) is 5.16 Å². The number of carboxylic acids is 1. The van der Waals surface area contributed by atoms with E-state index in [1.165, 1.54) is 12.5 Å². The highest BCUT2D eigenvalue weighted by molar-refractivity contribution is 6.34. The summed E-state index contributed by atoms with van der Waals surface area (Å²) < 4.78 is 0. The average molecular weight is 275 g/mol. The van der Waals surface area contributed by atoms with Gasteiger partial charge in [-0.3, -0.25) is 0 Å². The summed E-state index contributed by atoms with van der Waals surface area (Å²) in [4.78, 5) is 15.4. The molecule has 0 spiro atoms. The van der Waals surface area contributed by atoms with Gasteiger partial charge in [0.1, 0.15) is 6.61 Å². The van der Waals surface area contributed by atoms with E-state index in [2.05, 4.69) is 38.1 Å². The fraction of sp³-hybridized carbons (Fsp3) is 0.375. The van der Waals surface area contributed by atoms with E-state index in [4.69, 9.17) is 9.94 Å². The number of oxime groups is 1. The summed E-state index contributed by atoms with van der Waals surface area (Å²) >= 11 is 0. The second-order valence-corrected chi connectivity index (χ2v) is 5.56. The van der Waals surface area contributed by atoms with Crippen LogP contribution in [0.3, 0.4) is 0 Å². The minimum Gasteiger partial charge on any atom is -0.477 e. The van der Waals surface area contributed by atoms with Crippen molar-refractivity contribution in [2.45, 2.75) is 33.1 Å². The van der Waals surface area contributed by atoms with Crippen LogP contribution in [0.2, 0.25) is 0 Å². The quantitative estimate of drug-likeness (QED) is 0.508. The maximum Gasteiger partial charge on any atom is 0.353 e. The first kappa shape index (κ1) is 16.0. The molecule has 0 fully saturated rings. The van der Waals surface area contributed by atoms with Gasteiger partial charge in [0, 0.05) is 0 Å². The number of hydrogen-bond acceptors (Lipinski definition) is 3. The number of nitrogens with zero attached hydrogens (tertiary/aromatic N) is 1. The topological polar surface area (TPSA) is 58.9 Å². The fourth-order valence-electron chi connectivity index (χ4n) is 1.51. The zero-order chi connectivity index (χ0) is 15.2. The van der Waals surface area contributed by atoms with E-state index in [-0.39, 0.29) is 17.7 Å². The van der Waals surface area contributed by atoms with Crippen LogP contribution in [0.15, 0.2) is 35.5 Å². The lowest BCUT2D eigenvalue weighted by Crippen LogP contribution is -2.10. The minimum absolute atomic E-state index is 0.0619. The molecule has 0 radical (unpaired) electrons. The first-order chi connectivity index (χ1) is 9.30. The standard InChI is InChI=1S/C16H21NO3/c1-12(15(18)19)17-20-10-6-8-13-7-5-9-14(11-13)16(2,3)4/h5-9,11H,10H2,1-4H3,(H,18,19). The van der Waals surface area contributed by atoms with E-state index in [0.717, 1.165) is 5.56 Å². The van der Waals surface area contributed by atoms with Gasteiger partial charge in [0.15, 0.2) is 5.71 Å². The molecule has 0 aliphatic carbocycles.